The van der Waals surface area contributed by atoms with E-state index in [-0.39, 0.29) is 11.0 Å². The number of hydrogen-bond donors (Lipinski definition) is 1. The van der Waals surface area contributed by atoms with E-state index in [0.717, 1.165) is 11.3 Å². The number of rotatable bonds is 5. The van der Waals surface area contributed by atoms with Crippen LogP contribution < -0.4 is 5.32 Å². The molecule has 0 saturated carbocycles. The van der Waals surface area contributed by atoms with Crippen LogP contribution in [0, 0.1) is 5.82 Å². The van der Waals surface area contributed by atoms with Crippen LogP contribution in [0.1, 0.15) is 5.69 Å². The van der Waals surface area contributed by atoms with Crippen LogP contribution in [0.15, 0.2) is 59.9 Å². The fourth-order valence-corrected chi connectivity index (χ4v) is 2.58. The first kappa shape index (κ1) is 16.2. The lowest BCUT2D eigenvalue weighted by Gasteiger charge is -2.08. The Morgan fingerprint density at radius 2 is 1.96 bits per heavy atom. The van der Waals surface area contributed by atoms with Crippen molar-refractivity contribution < 1.29 is 8.60 Å². The average Bonchev–Trinajstić information content (AvgIpc) is 2.60. The quantitative estimate of drug-likeness (QED) is 0.722. The summed E-state index contributed by atoms with van der Waals surface area (Å²) in [7, 11) is -1.23. The van der Waals surface area contributed by atoms with Gasteiger partial charge in [-0.3, -0.25) is 9.19 Å². The molecular formula is C17H15FN4OS. The summed E-state index contributed by atoms with van der Waals surface area (Å²) in [5, 5.41) is 3.40. The Morgan fingerprint density at radius 3 is 2.75 bits per heavy atom. The Labute approximate surface area is 141 Å². The Morgan fingerprint density at radius 1 is 1.12 bits per heavy atom. The van der Waals surface area contributed by atoms with Gasteiger partial charge in [-0.05, 0) is 30.3 Å². The second-order valence-corrected chi connectivity index (χ2v) is 6.33. The number of aromatic nitrogens is 3. The van der Waals surface area contributed by atoms with E-state index < -0.39 is 10.8 Å². The van der Waals surface area contributed by atoms with Gasteiger partial charge < -0.3 is 5.32 Å². The SMILES string of the molecule is CS(=O)c1nccc(NCc2cccc(-c3cccc(F)c3)n2)n1. The molecule has 2 heterocycles. The fraction of sp³-hybridized carbons (Fsp3) is 0.118. The van der Waals surface area contributed by atoms with Crippen LogP contribution in [-0.4, -0.2) is 25.4 Å². The van der Waals surface area contributed by atoms with Crippen molar-refractivity contribution in [1.82, 2.24) is 15.0 Å². The predicted molar refractivity (Wildman–Crippen MR) is 91.3 cm³/mol. The highest BCUT2D eigenvalue weighted by molar-refractivity contribution is 7.84. The summed E-state index contributed by atoms with van der Waals surface area (Å²) in [4.78, 5) is 12.7. The van der Waals surface area contributed by atoms with Gasteiger partial charge in [-0.25, -0.2) is 14.4 Å². The van der Waals surface area contributed by atoms with Gasteiger partial charge in [0, 0.05) is 18.0 Å². The van der Waals surface area contributed by atoms with Crippen molar-refractivity contribution in [3.8, 4) is 11.3 Å². The van der Waals surface area contributed by atoms with Gasteiger partial charge in [0.15, 0.2) is 0 Å². The molecule has 0 amide bonds. The van der Waals surface area contributed by atoms with Crippen LogP contribution in [0.5, 0.6) is 0 Å². The highest BCUT2D eigenvalue weighted by Crippen LogP contribution is 2.18. The lowest BCUT2D eigenvalue weighted by molar-refractivity contribution is 0.628. The minimum Gasteiger partial charge on any atom is -0.364 e. The van der Waals surface area contributed by atoms with Crippen molar-refractivity contribution in [2.24, 2.45) is 0 Å². The van der Waals surface area contributed by atoms with E-state index in [1.807, 2.05) is 24.3 Å². The Bertz CT molecular complexity index is 888. The van der Waals surface area contributed by atoms with Gasteiger partial charge in [-0.1, -0.05) is 18.2 Å². The van der Waals surface area contributed by atoms with Gasteiger partial charge in [-0.15, -0.1) is 0 Å². The van der Waals surface area contributed by atoms with E-state index in [4.69, 9.17) is 0 Å². The van der Waals surface area contributed by atoms with Gasteiger partial charge >= 0.3 is 0 Å². The van der Waals surface area contributed by atoms with Gasteiger partial charge in [0.2, 0.25) is 5.16 Å². The maximum Gasteiger partial charge on any atom is 0.220 e. The topological polar surface area (TPSA) is 67.8 Å². The lowest BCUT2D eigenvalue weighted by Crippen LogP contribution is -2.06. The zero-order valence-corrected chi connectivity index (χ0v) is 13.8. The molecule has 2 aromatic heterocycles. The number of nitrogens with one attached hydrogen (secondary N) is 1. The first-order valence-electron chi connectivity index (χ1n) is 7.24. The average molecular weight is 342 g/mol. The molecule has 0 aliphatic heterocycles. The van der Waals surface area contributed by atoms with E-state index >= 15 is 0 Å². The number of nitrogens with zero attached hydrogens (tertiary/aromatic N) is 3. The minimum absolute atomic E-state index is 0.279. The Kier molecular flexibility index (Phi) is 4.90. The van der Waals surface area contributed by atoms with Crippen LogP contribution in [0.3, 0.4) is 0 Å². The summed E-state index contributed by atoms with van der Waals surface area (Å²) in [6.07, 6.45) is 3.09. The first-order chi connectivity index (χ1) is 11.6. The van der Waals surface area contributed by atoms with Crippen LogP contribution >= 0.6 is 0 Å². The van der Waals surface area contributed by atoms with Crippen LogP contribution in [-0.2, 0) is 17.3 Å². The number of benzene rings is 1. The molecule has 0 bridgehead atoms. The second-order valence-electron chi connectivity index (χ2n) is 5.06. The standard InChI is InChI=1S/C17H15FN4OS/c1-24(23)17-19-9-8-16(22-17)20-11-14-6-3-7-15(21-14)12-4-2-5-13(18)10-12/h2-10H,11H2,1H3,(H,19,20,22). The van der Waals surface area contributed by atoms with Gasteiger partial charge in [0.05, 0.1) is 28.7 Å². The zero-order chi connectivity index (χ0) is 16.9. The Hall–Kier alpha value is -2.67. The van der Waals surface area contributed by atoms with Crippen LogP contribution in [0.25, 0.3) is 11.3 Å². The van der Waals surface area contributed by atoms with Gasteiger partial charge in [0.1, 0.15) is 11.6 Å². The molecule has 122 valence electrons. The molecule has 0 spiro atoms. The van der Waals surface area contributed by atoms with Gasteiger partial charge in [0.25, 0.3) is 0 Å². The van der Waals surface area contributed by atoms with Crippen LogP contribution in [0.4, 0.5) is 10.2 Å². The van der Waals surface area contributed by atoms with E-state index in [2.05, 4.69) is 20.3 Å². The van der Waals surface area contributed by atoms with Crippen molar-refractivity contribution >= 4 is 16.6 Å². The lowest BCUT2D eigenvalue weighted by atomic mass is 10.1. The molecule has 1 unspecified atom stereocenters. The summed E-state index contributed by atoms with van der Waals surface area (Å²) in [6.45, 7) is 0.440. The fourth-order valence-electron chi connectivity index (χ4n) is 2.15. The zero-order valence-electron chi connectivity index (χ0n) is 12.9. The maximum absolute atomic E-state index is 13.3. The molecule has 0 fully saturated rings. The molecule has 5 nitrogen and oxygen atoms in total. The second kappa shape index (κ2) is 7.27. The van der Waals surface area contributed by atoms with Crippen LogP contribution in [0.2, 0.25) is 0 Å². The smallest absolute Gasteiger partial charge is 0.220 e. The number of anilines is 1. The highest BCUT2D eigenvalue weighted by atomic mass is 32.2. The molecule has 1 N–H and O–H groups in total. The van der Waals surface area contributed by atoms with E-state index in [9.17, 15) is 8.60 Å². The molecule has 1 aromatic carbocycles. The first-order valence-corrected chi connectivity index (χ1v) is 8.80. The summed E-state index contributed by atoms with van der Waals surface area (Å²) < 4.78 is 24.8. The number of pyridine rings is 1. The van der Waals surface area contributed by atoms with Crippen molar-refractivity contribution in [2.45, 2.75) is 11.7 Å². The third kappa shape index (κ3) is 3.99. The van der Waals surface area contributed by atoms with Crippen molar-refractivity contribution in [3.05, 3.63) is 66.2 Å². The van der Waals surface area contributed by atoms with Crippen molar-refractivity contribution in [3.63, 3.8) is 0 Å². The molecule has 3 aromatic rings. The molecule has 7 heteroatoms. The molecule has 0 aliphatic carbocycles. The maximum atomic E-state index is 13.3. The Balaban J connectivity index is 1.76. The molecule has 24 heavy (non-hydrogen) atoms. The molecule has 0 saturated heterocycles. The highest BCUT2D eigenvalue weighted by Gasteiger charge is 2.05. The molecule has 0 radical (unpaired) electrons. The number of halogens is 1. The summed E-state index contributed by atoms with van der Waals surface area (Å²) in [5.74, 6) is 0.284. The third-order valence-electron chi connectivity index (χ3n) is 3.27. The van der Waals surface area contributed by atoms with E-state index in [1.54, 1.807) is 18.3 Å². The monoisotopic (exact) mass is 342 g/mol. The van der Waals surface area contributed by atoms with E-state index in [0.29, 0.717) is 18.1 Å². The summed E-state index contributed by atoms with van der Waals surface area (Å²) in [6, 6.07) is 13.6. The number of hydrogen-bond acceptors (Lipinski definition) is 5. The van der Waals surface area contributed by atoms with Gasteiger partial charge in [-0.2, -0.15) is 0 Å². The molecule has 3 rings (SSSR count). The van der Waals surface area contributed by atoms with E-state index in [1.165, 1.54) is 18.4 Å². The molecule has 1 atom stereocenters. The third-order valence-corrected chi connectivity index (χ3v) is 3.98. The normalized spacial score (nSPS) is 11.9. The van der Waals surface area contributed by atoms with Crippen molar-refractivity contribution in [2.75, 3.05) is 11.6 Å². The molecule has 0 aliphatic rings. The minimum atomic E-state index is -1.23. The largest absolute Gasteiger partial charge is 0.364 e. The summed E-state index contributed by atoms with van der Waals surface area (Å²) >= 11 is 0. The predicted octanol–water partition coefficient (Wildman–Crippen LogP) is 3.03. The molecular weight excluding hydrogens is 327 g/mol. The summed E-state index contributed by atoms with van der Waals surface area (Å²) in [5.41, 5.74) is 2.21. The van der Waals surface area contributed by atoms with Crippen molar-refractivity contribution in [1.29, 1.82) is 0 Å².